The summed E-state index contributed by atoms with van der Waals surface area (Å²) in [4.78, 5) is 0. The molecule has 0 aliphatic rings. The molecule has 1 aromatic carbocycles. The van der Waals surface area contributed by atoms with Crippen LogP contribution in [0.4, 0.5) is 0 Å². The molecule has 0 heterocycles. The number of nitrogens with one attached hydrogen (secondary N) is 1. The molecule has 0 aliphatic heterocycles. The molecule has 0 aromatic heterocycles. The second-order valence-electron chi connectivity index (χ2n) is 2.13. The van der Waals surface area contributed by atoms with Gasteiger partial charge in [-0.2, -0.15) is 0 Å². The van der Waals surface area contributed by atoms with E-state index >= 15 is 0 Å². The summed E-state index contributed by atoms with van der Waals surface area (Å²) in [5, 5.41) is 8.25. The Balaban J connectivity index is 0.00000121. The second kappa shape index (κ2) is 6.09. The molecule has 0 bridgehead atoms. The summed E-state index contributed by atoms with van der Waals surface area (Å²) in [6.07, 6.45) is 0. The molecule has 66 valence electrons. The van der Waals surface area contributed by atoms with Crippen LogP contribution in [0.1, 0.15) is 12.5 Å². The van der Waals surface area contributed by atoms with Crippen LogP contribution >= 0.6 is 24.2 Å². The molecule has 0 saturated heterocycles. The van der Waals surface area contributed by atoms with E-state index in [0.717, 1.165) is 11.3 Å². The van der Waals surface area contributed by atoms with E-state index in [1.807, 2.05) is 30.3 Å². The van der Waals surface area contributed by atoms with Crippen LogP contribution in [0, 0.1) is 5.41 Å². The molecule has 0 saturated carbocycles. The molecule has 0 spiro atoms. The van der Waals surface area contributed by atoms with Crippen molar-refractivity contribution in [3.8, 4) is 0 Å². The summed E-state index contributed by atoms with van der Waals surface area (Å²) in [5.41, 5.74) is 1.01. The van der Waals surface area contributed by atoms with Gasteiger partial charge in [0.1, 0.15) is 0 Å². The third-order valence-electron chi connectivity index (χ3n) is 1.32. The zero-order chi connectivity index (χ0) is 8.10. The number of hydrogen-bond acceptors (Lipinski definition) is 2. The largest absolute Gasteiger partial charge is 0.293 e. The lowest BCUT2D eigenvalue weighted by molar-refractivity contribution is 1.50. The number of thioether (sulfide) groups is 1. The van der Waals surface area contributed by atoms with Crippen LogP contribution in [-0.2, 0) is 0 Å². The van der Waals surface area contributed by atoms with Gasteiger partial charge >= 0.3 is 0 Å². The van der Waals surface area contributed by atoms with Gasteiger partial charge in [-0.3, -0.25) is 5.41 Å². The molecule has 1 N–H and O–H groups in total. The normalized spacial score (nSPS) is 8.75. The summed E-state index contributed by atoms with van der Waals surface area (Å²) in [6.45, 7) is 2.06. The van der Waals surface area contributed by atoms with Crippen molar-refractivity contribution < 1.29 is 0 Å². The lowest BCUT2D eigenvalue weighted by atomic mass is 10.2. The number of hydrogen-bond donors (Lipinski definition) is 1. The van der Waals surface area contributed by atoms with Crippen molar-refractivity contribution in [2.45, 2.75) is 6.92 Å². The Morgan fingerprint density at radius 2 is 1.92 bits per heavy atom. The fourth-order valence-electron chi connectivity index (χ4n) is 0.817. The fraction of sp³-hybridized carbons (Fsp3) is 0.222. The Morgan fingerprint density at radius 1 is 1.33 bits per heavy atom. The van der Waals surface area contributed by atoms with Gasteiger partial charge in [-0.05, 0) is 5.75 Å². The maximum atomic E-state index is 7.59. The van der Waals surface area contributed by atoms with Gasteiger partial charge in [0, 0.05) is 5.56 Å². The van der Waals surface area contributed by atoms with Crippen molar-refractivity contribution in [3.05, 3.63) is 35.9 Å². The maximum absolute atomic E-state index is 7.59. The Hall–Kier alpha value is -0.470. The molecule has 0 amide bonds. The highest BCUT2D eigenvalue weighted by atomic mass is 35.5. The molecule has 1 nitrogen and oxygen atoms in total. The smallest absolute Gasteiger partial charge is 0.0942 e. The lowest BCUT2D eigenvalue weighted by Gasteiger charge is -1.99. The topological polar surface area (TPSA) is 23.9 Å². The van der Waals surface area contributed by atoms with E-state index < -0.39 is 0 Å². The molecule has 12 heavy (non-hydrogen) atoms. The molecule has 3 heteroatoms. The predicted octanol–water partition coefficient (Wildman–Crippen LogP) is 3.19. The third kappa shape index (κ3) is 3.28. The SMILES string of the molecule is CCSC(=N)c1ccccc1.Cl. The summed E-state index contributed by atoms with van der Waals surface area (Å²) in [5.74, 6) is 0.966. The number of benzene rings is 1. The van der Waals surface area contributed by atoms with Gasteiger partial charge in [0.15, 0.2) is 0 Å². The summed E-state index contributed by atoms with van der Waals surface area (Å²) in [6, 6.07) is 9.81. The quantitative estimate of drug-likeness (QED) is 0.577. The van der Waals surface area contributed by atoms with Gasteiger partial charge in [-0.15, -0.1) is 24.2 Å². The summed E-state index contributed by atoms with van der Waals surface area (Å²) >= 11 is 1.57. The van der Waals surface area contributed by atoms with E-state index in [-0.39, 0.29) is 12.4 Å². The lowest BCUT2D eigenvalue weighted by Crippen LogP contribution is -1.92. The van der Waals surface area contributed by atoms with Gasteiger partial charge in [0.25, 0.3) is 0 Å². The van der Waals surface area contributed by atoms with Crippen LogP contribution in [-0.4, -0.2) is 10.8 Å². The maximum Gasteiger partial charge on any atom is 0.0942 e. The highest BCUT2D eigenvalue weighted by Crippen LogP contribution is 2.10. The molecule has 0 unspecified atom stereocenters. The number of rotatable bonds is 2. The zero-order valence-electron chi connectivity index (χ0n) is 6.91. The minimum atomic E-state index is 0. The molecular formula is C9H12ClNS. The Morgan fingerprint density at radius 3 is 2.42 bits per heavy atom. The molecule has 1 aromatic rings. The van der Waals surface area contributed by atoms with Crippen molar-refractivity contribution in [1.82, 2.24) is 0 Å². The van der Waals surface area contributed by atoms with Gasteiger partial charge in [0.05, 0.1) is 5.04 Å². The average molecular weight is 202 g/mol. The van der Waals surface area contributed by atoms with Gasteiger partial charge in [-0.1, -0.05) is 37.3 Å². The van der Waals surface area contributed by atoms with E-state index in [1.165, 1.54) is 0 Å². The molecular weight excluding hydrogens is 190 g/mol. The van der Waals surface area contributed by atoms with Gasteiger partial charge in [0.2, 0.25) is 0 Å². The van der Waals surface area contributed by atoms with Crippen molar-refractivity contribution in [2.24, 2.45) is 0 Å². The van der Waals surface area contributed by atoms with Crippen LogP contribution in [0.25, 0.3) is 0 Å². The van der Waals surface area contributed by atoms with Crippen LogP contribution in [0.2, 0.25) is 0 Å². The van der Waals surface area contributed by atoms with Crippen molar-refractivity contribution in [1.29, 1.82) is 5.41 Å². The first-order valence-electron chi connectivity index (χ1n) is 3.61. The minimum absolute atomic E-state index is 0. The van der Waals surface area contributed by atoms with Crippen molar-refractivity contribution in [2.75, 3.05) is 5.75 Å². The van der Waals surface area contributed by atoms with Crippen LogP contribution in [0.15, 0.2) is 30.3 Å². The number of halogens is 1. The van der Waals surface area contributed by atoms with E-state index in [9.17, 15) is 0 Å². The molecule has 0 fully saturated rings. The monoisotopic (exact) mass is 201 g/mol. The predicted molar refractivity (Wildman–Crippen MR) is 58.7 cm³/mol. The molecule has 0 radical (unpaired) electrons. The molecule has 0 aliphatic carbocycles. The van der Waals surface area contributed by atoms with E-state index in [1.54, 1.807) is 11.8 Å². The highest BCUT2D eigenvalue weighted by molar-refractivity contribution is 8.14. The first kappa shape index (κ1) is 11.5. The van der Waals surface area contributed by atoms with Gasteiger partial charge < -0.3 is 0 Å². The Kier molecular flexibility index (Phi) is 5.85. The first-order chi connectivity index (χ1) is 5.34. The van der Waals surface area contributed by atoms with Crippen LogP contribution < -0.4 is 0 Å². The fourth-order valence-corrected chi connectivity index (χ4v) is 1.41. The standard InChI is InChI=1S/C9H11NS.ClH/c1-2-11-9(10)8-6-4-3-5-7-8;/h3-7,10H,2H2,1H3;1H. The average Bonchev–Trinajstić information content (AvgIpc) is 2.07. The zero-order valence-corrected chi connectivity index (χ0v) is 8.54. The Bertz CT molecular complexity index is 236. The van der Waals surface area contributed by atoms with Crippen molar-refractivity contribution >= 4 is 29.2 Å². The van der Waals surface area contributed by atoms with Gasteiger partial charge in [-0.25, -0.2) is 0 Å². The molecule has 1 rings (SSSR count). The van der Waals surface area contributed by atoms with E-state index in [2.05, 4.69) is 6.92 Å². The molecule has 0 atom stereocenters. The summed E-state index contributed by atoms with van der Waals surface area (Å²) < 4.78 is 0. The Labute approximate surface area is 83.5 Å². The summed E-state index contributed by atoms with van der Waals surface area (Å²) in [7, 11) is 0. The van der Waals surface area contributed by atoms with Crippen molar-refractivity contribution in [3.63, 3.8) is 0 Å². The van der Waals surface area contributed by atoms with Crippen LogP contribution in [0.3, 0.4) is 0 Å². The second-order valence-corrected chi connectivity index (χ2v) is 3.40. The first-order valence-corrected chi connectivity index (χ1v) is 4.60. The highest BCUT2D eigenvalue weighted by Gasteiger charge is 1.97. The van der Waals surface area contributed by atoms with Crippen LogP contribution in [0.5, 0.6) is 0 Å². The minimum Gasteiger partial charge on any atom is -0.293 e. The van der Waals surface area contributed by atoms with E-state index in [4.69, 9.17) is 5.41 Å². The van der Waals surface area contributed by atoms with E-state index in [0.29, 0.717) is 5.04 Å². The third-order valence-corrected chi connectivity index (χ3v) is 2.14.